The van der Waals surface area contributed by atoms with Crippen LogP contribution in [0.3, 0.4) is 0 Å². The molecule has 32 heavy (non-hydrogen) atoms. The topological polar surface area (TPSA) is 17.3 Å². The van der Waals surface area contributed by atoms with Crippen molar-refractivity contribution >= 4 is 66.5 Å². The lowest BCUT2D eigenvalue weighted by molar-refractivity contribution is 1.24. The predicted octanol–water partition coefficient (Wildman–Crippen LogP) is 8.33. The summed E-state index contributed by atoms with van der Waals surface area (Å²) in [4.78, 5) is 3.97. The van der Waals surface area contributed by atoms with Gasteiger partial charge in [-0.1, -0.05) is 78.9 Å². The second-order valence-electron chi connectivity index (χ2n) is 8.08. The summed E-state index contributed by atoms with van der Waals surface area (Å²) in [5.41, 5.74) is 3.50. The van der Waals surface area contributed by atoms with Gasteiger partial charge in [-0.15, -0.1) is 0 Å². The Hall–Kier alpha value is -4.17. The minimum absolute atomic E-state index is 1.08. The number of fused-ring (bicyclic) bond motifs is 9. The maximum atomic E-state index is 3.97. The molecule has 0 N–H and O–H groups in total. The zero-order valence-corrected chi connectivity index (χ0v) is 17.9. The largest absolute Gasteiger partial charge is 0.309 e. The molecule has 0 fully saturated rings. The first-order valence-corrected chi connectivity index (χ1v) is 10.9. The molecule has 0 atom stereocenters. The number of aromatic nitrogens is 1. The fourth-order valence-corrected chi connectivity index (χ4v) is 5.06. The molecule has 0 aliphatic heterocycles. The van der Waals surface area contributed by atoms with Gasteiger partial charge in [-0.25, -0.2) is 0 Å². The summed E-state index contributed by atoms with van der Waals surface area (Å²) >= 11 is 0. The van der Waals surface area contributed by atoms with Crippen molar-refractivity contribution in [1.82, 2.24) is 4.57 Å². The molecule has 6 rings (SSSR count). The lowest BCUT2D eigenvalue weighted by Crippen LogP contribution is -1.95. The monoisotopic (exact) mass is 410 g/mol. The van der Waals surface area contributed by atoms with Crippen LogP contribution in [0, 0.1) is 0 Å². The van der Waals surface area contributed by atoms with E-state index in [1.165, 1.54) is 54.1 Å². The summed E-state index contributed by atoms with van der Waals surface area (Å²) < 4.78 is 2.38. The average Bonchev–Trinajstić information content (AvgIpc) is 3.18. The third-order valence-corrected chi connectivity index (χ3v) is 6.41. The molecule has 2 heteroatoms. The van der Waals surface area contributed by atoms with Gasteiger partial charge < -0.3 is 4.57 Å². The van der Waals surface area contributed by atoms with Gasteiger partial charge in [0.15, 0.2) is 0 Å². The number of allylic oxidation sites excluding steroid dienone is 3. The number of aliphatic imine (C=N–C) groups is 1. The van der Waals surface area contributed by atoms with E-state index < -0.39 is 0 Å². The molecule has 0 unspecified atom stereocenters. The SMILES string of the molecule is C=N/C=C\C(=C/C)n1c2cc3ccccc3cc2c2c3ccccc3c3ccccc3c21. The summed E-state index contributed by atoms with van der Waals surface area (Å²) in [5.74, 6) is 0. The van der Waals surface area contributed by atoms with Crippen molar-refractivity contribution in [2.24, 2.45) is 4.99 Å². The second kappa shape index (κ2) is 7.21. The maximum absolute atomic E-state index is 3.97. The van der Waals surface area contributed by atoms with Gasteiger partial charge in [0.2, 0.25) is 0 Å². The van der Waals surface area contributed by atoms with Crippen LogP contribution in [0.15, 0.2) is 108 Å². The zero-order chi connectivity index (χ0) is 21.7. The second-order valence-corrected chi connectivity index (χ2v) is 8.08. The number of nitrogens with zero attached hydrogens (tertiary/aromatic N) is 2. The Morgan fingerprint density at radius 2 is 1.34 bits per heavy atom. The molecule has 0 saturated heterocycles. The molecule has 0 radical (unpaired) electrons. The molecule has 0 aliphatic carbocycles. The van der Waals surface area contributed by atoms with Gasteiger partial charge in [0.25, 0.3) is 0 Å². The first-order chi connectivity index (χ1) is 15.8. The van der Waals surface area contributed by atoms with E-state index in [1.807, 2.05) is 6.08 Å². The normalized spacial score (nSPS) is 12.7. The lowest BCUT2D eigenvalue weighted by Gasteiger charge is -2.12. The smallest absolute Gasteiger partial charge is 0.0625 e. The van der Waals surface area contributed by atoms with Crippen molar-refractivity contribution in [3.05, 3.63) is 103 Å². The molecule has 5 aromatic carbocycles. The van der Waals surface area contributed by atoms with E-state index in [9.17, 15) is 0 Å². The minimum atomic E-state index is 1.08. The summed E-state index contributed by atoms with van der Waals surface area (Å²) in [7, 11) is 0. The van der Waals surface area contributed by atoms with Crippen LogP contribution in [-0.2, 0) is 0 Å². The van der Waals surface area contributed by atoms with Gasteiger partial charge in [0.1, 0.15) is 0 Å². The van der Waals surface area contributed by atoms with Crippen molar-refractivity contribution < 1.29 is 0 Å². The quantitative estimate of drug-likeness (QED) is 0.158. The van der Waals surface area contributed by atoms with Crippen LogP contribution in [-0.4, -0.2) is 11.3 Å². The summed E-state index contributed by atoms with van der Waals surface area (Å²) in [6.45, 7) is 5.71. The standard InChI is InChI=1S/C30H22N2/c1-3-22(16-17-31-2)32-28-19-21-11-5-4-10-20(21)18-27(28)29-25-14-8-6-12-23(25)24-13-7-9-15-26(24)30(29)32/h3-19H,2H2,1H3/b17-16-,22-3+. The van der Waals surface area contributed by atoms with Crippen LogP contribution in [0.2, 0.25) is 0 Å². The van der Waals surface area contributed by atoms with E-state index in [4.69, 9.17) is 0 Å². The van der Waals surface area contributed by atoms with Gasteiger partial charge in [-0.05, 0) is 58.8 Å². The average molecular weight is 411 g/mol. The van der Waals surface area contributed by atoms with Crippen LogP contribution < -0.4 is 0 Å². The molecule has 2 nitrogen and oxygen atoms in total. The summed E-state index contributed by atoms with van der Waals surface area (Å²) in [6, 6.07) is 30.7. The Morgan fingerprint density at radius 1 is 0.750 bits per heavy atom. The molecule has 1 aromatic heterocycles. The Bertz CT molecular complexity index is 1750. The van der Waals surface area contributed by atoms with Crippen LogP contribution in [0.5, 0.6) is 0 Å². The van der Waals surface area contributed by atoms with Crippen LogP contribution >= 0.6 is 0 Å². The first-order valence-electron chi connectivity index (χ1n) is 10.9. The third-order valence-electron chi connectivity index (χ3n) is 6.41. The Balaban J connectivity index is 1.98. The molecule has 152 valence electrons. The maximum Gasteiger partial charge on any atom is 0.0625 e. The van der Waals surface area contributed by atoms with E-state index in [-0.39, 0.29) is 0 Å². The number of benzene rings is 5. The van der Waals surface area contributed by atoms with E-state index in [0.29, 0.717) is 0 Å². The molecular weight excluding hydrogens is 388 g/mol. The van der Waals surface area contributed by atoms with E-state index in [1.54, 1.807) is 6.20 Å². The van der Waals surface area contributed by atoms with E-state index in [2.05, 4.69) is 114 Å². The van der Waals surface area contributed by atoms with Crippen LogP contribution in [0.4, 0.5) is 0 Å². The zero-order valence-electron chi connectivity index (χ0n) is 17.9. The van der Waals surface area contributed by atoms with Gasteiger partial charge in [0.05, 0.1) is 11.0 Å². The highest BCUT2D eigenvalue weighted by Gasteiger charge is 2.19. The van der Waals surface area contributed by atoms with Crippen molar-refractivity contribution in [3.8, 4) is 0 Å². The van der Waals surface area contributed by atoms with Gasteiger partial charge in [0, 0.05) is 28.1 Å². The number of hydrogen-bond donors (Lipinski definition) is 0. The Morgan fingerprint density at radius 3 is 2.03 bits per heavy atom. The Kier molecular flexibility index (Phi) is 4.19. The predicted molar refractivity (Wildman–Crippen MR) is 141 cm³/mol. The first kappa shape index (κ1) is 18.6. The van der Waals surface area contributed by atoms with Crippen molar-refractivity contribution in [2.45, 2.75) is 6.92 Å². The highest BCUT2D eigenvalue weighted by molar-refractivity contribution is 6.33. The molecule has 0 bridgehead atoms. The number of hydrogen-bond acceptors (Lipinski definition) is 1. The van der Waals surface area contributed by atoms with E-state index in [0.717, 1.165) is 5.70 Å². The van der Waals surface area contributed by atoms with E-state index >= 15 is 0 Å². The van der Waals surface area contributed by atoms with Gasteiger partial charge >= 0.3 is 0 Å². The fourth-order valence-electron chi connectivity index (χ4n) is 5.06. The number of rotatable bonds is 3. The van der Waals surface area contributed by atoms with Crippen molar-refractivity contribution in [3.63, 3.8) is 0 Å². The highest BCUT2D eigenvalue weighted by Crippen LogP contribution is 2.43. The minimum Gasteiger partial charge on any atom is -0.309 e. The van der Waals surface area contributed by atoms with Crippen LogP contribution in [0.25, 0.3) is 59.8 Å². The van der Waals surface area contributed by atoms with Crippen molar-refractivity contribution in [2.75, 3.05) is 0 Å². The van der Waals surface area contributed by atoms with Crippen molar-refractivity contribution in [1.29, 1.82) is 0 Å². The van der Waals surface area contributed by atoms with Gasteiger partial charge in [-0.3, -0.25) is 4.99 Å². The molecule has 1 heterocycles. The molecule has 0 amide bonds. The molecule has 6 aromatic rings. The Labute approximate surface area is 186 Å². The molecule has 0 saturated carbocycles. The molecule has 0 spiro atoms. The summed E-state index contributed by atoms with van der Waals surface area (Å²) in [5, 5.41) is 10.1. The molecule has 0 aliphatic rings. The molecular formula is C30H22N2. The third kappa shape index (κ3) is 2.56. The fraction of sp³-hybridized carbons (Fsp3) is 0.0333. The lowest BCUT2D eigenvalue weighted by atomic mass is 9.96. The highest BCUT2D eigenvalue weighted by atomic mass is 15.0. The van der Waals surface area contributed by atoms with Gasteiger partial charge in [-0.2, -0.15) is 0 Å². The summed E-state index contributed by atoms with van der Waals surface area (Å²) in [6.07, 6.45) is 5.93. The van der Waals surface area contributed by atoms with Crippen LogP contribution in [0.1, 0.15) is 6.92 Å².